The van der Waals surface area contributed by atoms with Crippen molar-refractivity contribution in [1.82, 2.24) is 10.3 Å². The van der Waals surface area contributed by atoms with E-state index >= 15 is 0 Å². The summed E-state index contributed by atoms with van der Waals surface area (Å²) in [5.41, 5.74) is 0.387. The Morgan fingerprint density at radius 3 is 2.83 bits per heavy atom. The van der Waals surface area contributed by atoms with Crippen LogP contribution < -0.4 is 15.4 Å². The maximum Gasteiger partial charge on any atom is 0.340 e. The number of nitrogens with one attached hydrogen (secondary N) is 2. The Kier molecular flexibility index (Phi) is 6.36. The van der Waals surface area contributed by atoms with Crippen LogP contribution in [0.25, 0.3) is 0 Å². The predicted molar refractivity (Wildman–Crippen MR) is 79.5 cm³/mol. The van der Waals surface area contributed by atoms with Gasteiger partial charge in [-0.2, -0.15) is 8.78 Å². The van der Waals surface area contributed by atoms with Gasteiger partial charge in [-0.3, -0.25) is 4.79 Å². The number of rotatable bonds is 8. The number of pyridine rings is 1. The molecule has 1 saturated heterocycles. The third-order valence-electron chi connectivity index (χ3n) is 3.69. The van der Waals surface area contributed by atoms with Gasteiger partial charge in [0.05, 0.1) is 11.9 Å². The van der Waals surface area contributed by atoms with Gasteiger partial charge in [-0.05, 0) is 37.9 Å². The Hall–Kier alpha value is -1.90. The topological polar surface area (TPSA) is 63.2 Å². The summed E-state index contributed by atoms with van der Waals surface area (Å²) in [6, 6.07) is 2.65. The lowest BCUT2D eigenvalue weighted by Crippen LogP contribution is -2.33. The standard InChI is InChI=1S/C15H19F4N3O2/c16-14(17)15(18,19)9-24-13-4-2-11(8-21-13)22-12(23)3-1-10-5-6-20-7-10/h2,4,8,10,14,20H,1,3,5-7,9H2,(H,22,23). The molecule has 2 heterocycles. The number of hydrogen-bond acceptors (Lipinski definition) is 4. The van der Waals surface area contributed by atoms with Gasteiger partial charge in [0, 0.05) is 12.5 Å². The molecule has 0 aliphatic carbocycles. The molecule has 2 N–H and O–H groups in total. The summed E-state index contributed by atoms with van der Waals surface area (Å²) in [5, 5.41) is 5.86. The molecule has 9 heteroatoms. The molecular weight excluding hydrogens is 330 g/mol. The number of alkyl halides is 4. The van der Waals surface area contributed by atoms with Gasteiger partial charge in [0.1, 0.15) is 0 Å². The fourth-order valence-electron chi connectivity index (χ4n) is 2.29. The van der Waals surface area contributed by atoms with Crippen molar-refractivity contribution < 1.29 is 27.1 Å². The molecule has 134 valence electrons. The molecule has 1 fully saturated rings. The first-order chi connectivity index (χ1) is 11.4. The lowest BCUT2D eigenvalue weighted by Gasteiger charge is -2.15. The van der Waals surface area contributed by atoms with E-state index < -0.39 is 19.0 Å². The number of halogens is 4. The molecule has 0 aromatic carbocycles. The molecule has 1 amide bonds. The minimum absolute atomic E-state index is 0.165. The second-order valence-corrected chi connectivity index (χ2v) is 5.68. The quantitative estimate of drug-likeness (QED) is 0.709. The highest BCUT2D eigenvalue weighted by molar-refractivity contribution is 5.90. The van der Waals surface area contributed by atoms with Crippen LogP contribution in [0.1, 0.15) is 19.3 Å². The summed E-state index contributed by atoms with van der Waals surface area (Å²) in [6.45, 7) is 0.436. The van der Waals surface area contributed by atoms with Crippen molar-refractivity contribution >= 4 is 11.6 Å². The summed E-state index contributed by atoms with van der Waals surface area (Å²) >= 11 is 0. The second-order valence-electron chi connectivity index (χ2n) is 5.68. The smallest absolute Gasteiger partial charge is 0.340 e. The fraction of sp³-hybridized carbons (Fsp3) is 0.600. The molecule has 1 atom stereocenters. The molecule has 1 aliphatic rings. The SMILES string of the molecule is O=C(CCC1CCNC1)Nc1ccc(OCC(F)(F)C(F)F)nc1. The van der Waals surface area contributed by atoms with Gasteiger partial charge in [0.2, 0.25) is 11.8 Å². The molecule has 1 aliphatic heterocycles. The summed E-state index contributed by atoms with van der Waals surface area (Å²) in [7, 11) is 0. The number of ether oxygens (including phenoxy) is 1. The van der Waals surface area contributed by atoms with E-state index in [1.807, 2.05) is 0 Å². The molecule has 24 heavy (non-hydrogen) atoms. The summed E-state index contributed by atoms with van der Waals surface area (Å²) in [5.74, 6) is -4.11. The Morgan fingerprint density at radius 2 is 2.25 bits per heavy atom. The second kappa shape index (κ2) is 8.27. The van der Waals surface area contributed by atoms with E-state index in [4.69, 9.17) is 0 Å². The first-order valence-corrected chi connectivity index (χ1v) is 7.62. The molecule has 0 spiro atoms. The van der Waals surface area contributed by atoms with Crippen LogP contribution in [0.15, 0.2) is 18.3 Å². The van der Waals surface area contributed by atoms with Gasteiger partial charge in [-0.15, -0.1) is 0 Å². The normalized spacial score (nSPS) is 18.0. The molecule has 2 rings (SSSR count). The maximum absolute atomic E-state index is 12.7. The van der Waals surface area contributed by atoms with Crippen molar-refractivity contribution in [3.63, 3.8) is 0 Å². The highest BCUT2D eigenvalue weighted by Gasteiger charge is 2.41. The van der Waals surface area contributed by atoms with E-state index in [1.54, 1.807) is 0 Å². The molecular formula is C15H19F4N3O2. The third-order valence-corrected chi connectivity index (χ3v) is 3.69. The van der Waals surface area contributed by atoms with Crippen LogP contribution in [0.4, 0.5) is 23.2 Å². The minimum Gasteiger partial charge on any atom is -0.471 e. The molecule has 1 aromatic heterocycles. The third kappa shape index (κ3) is 5.63. The van der Waals surface area contributed by atoms with Crippen LogP contribution in [0.2, 0.25) is 0 Å². The first-order valence-electron chi connectivity index (χ1n) is 7.62. The Bertz CT molecular complexity index is 534. The van der Waals surface area contributed by atoms with Crippen molar-refractivity contribution in [3.8, 4) is 5.88 Å². The van der Waals surface area contributed by atoms with Crippen LogP contribution in [0.3, 0.4) is 0 Å². The Labute approximate surface area is 136 Å². The lowest BCUT2D eigenvalue weighted by atomic mass is 10.0. The first kappa shape index (κ1) is 18.4. The van der Waals surface area contributed by atoms with Crippen LogP contribution in [-0.4, -0.2) is 42.9 Å². The van der Waals surface area contributed by atoms with Crippen LogP contribution >= 0.6 is 0 Å². The molecule has 0 radical (unpaired) electrons. The average molecular weight is 349 g/mol. The zero-order chi connectivity index (χ0) is 17.6. The fourth-order valence-corrected chi connectivity index (χ4v) is 2.29. The zero-order valence-corrected chi connectivity index (χ0v) is 12.9. The van der Waals surface area contributed by atoms with Gasteiger partial charge in [-0.1, -0.05) is 0 Å². The molecule has 1 aromatic rings. The van der Waals surface area contributed by atoms with Crippen molar-refractivity contribution in [2.75, 3.05) is 25.0 Å². The van der Waals surface area contributed by atoms with Crippen LogP contribution in [-0.2, 0) is 4.79 Å². The van der Waals surface area contributed by atoms with Crippen LogP contribution in [0.5, 0.6) is 5.88 Å². The van der Waals surface area contributed by atoms with Crippen molar-refractivity contribution in [2.45, 2.75) is 31.6 Å². The highest BCUT2D eigenvalue weighted by atomic mass is 19.3. The summed E-state index contributed by atoms with van der Waals surface area (Å²) in [4.78, 5) is 15.5. The molecule has 5 nitrogen and oxygen atoms in total. The number of carbonyl (C=O) groups excluding carboxylic acids is 1. The van der Waals surface area contributed by atoms with Crippen molar-refractivity contribution in [3.05, 3.63) is 18.3 Å². The molecule has 0 bridgehead atoms. The summed E-state index contributed by atoms with van der Waals surface area (Å²) < 4.78 is 54.0. The molecule has 0 saturated carbocycles. The average Bonchev–Trinajstić information content (AvgIpc) is 3.06. The number of aromatic nitrogens is 1. The zero-order valence-electron chi connectivity index (χ0n) is 12.9. The van der Waals surface area contributed by atoms with E-state index in [0.29, 0.717) is 18.0 Å². The number of amides is 1. The number of nitrogens with zero attached hydrogens (tertiary/aromatic N) is 1. The van der Waals surface area contributed by atoms with Crippen molar-refractivity contribution in [2.24, 2.45) is 5.92 Å². The Balaban J connectivity index is 1.75. The van der Waals surface area contributed by atoms with Gasteiger partial charge in [0.15, 0.2) is 6.61 Å². The predicted octanol–water partition coefficient (Wildman–Crippen LogP) is 2.69. The number of anilines is 1. The number of carbonyl (C=O) groups is 1. The van der Waals surface area contributed by atoms with Crippen molar-refractivity contribution in [1.29, 1.82) is 0 Å². The number of hydrogen-bond donors (Lipinski definition) is 2. The van der Waals surface area contributed by atoms with Crippen LogP contribution in [0, 0.1) is 5.92 Å². The minimum atomic E-state index is -4.23. The van der Waals surface area contributed by atoms with E-state index in [0.717, 1.165) is 25.9 Å². The van der Waals surface area contributed by atoms with E-state index in [1.165, 1.54) is 18.3 Å². The maximum atomic E-state index is 12.7. The van der Waals surface area contributed by atoms with E-state index in [2.05, 4.69) is 20.4 Å². The monoisotopic (exact) mass is 349 g/mol. The Morgan fingerprint density at radius 1 is 1.46 bits per heavy atom. The van der Waals surface area contributed by atoms with Gasteiger partial charge < -0.3 is 15.4 Å². The van der Waals surface area contributed by atoms with Gasteiger partial charge in [-0.25, -0.2) is 13.8 Å². The van der Waals surface area contributed by atoms with Gasteiger partial charge >= 0.3 is 12.3 Å². The largest absolute Gasteiger partial charge is 0.471 e. The van der Waals surface area contributed by atoms with E-state index in [-0.39, 0.29) is 11.8 Å². The van der Waals surface area contributed by atoms with E-state index in [9.17, 15) is 22.4 Å². The highest BCUT2D eigenvalue weighted by Crippen LogP contribution is 2.24. The summed E-state index contributed by atoms with van der Waals surface area (Å²) in [6.07, 6.45) is -0.345. The van der Waals surface area contributed by atoms with Gasteiger partial charge in [0.25, 0.3) is 0 Å². The lowest BCUT2D eigenvalue weighted by molar-refractivity contribution is -0.148. The molecule has 1 unspecified atom stereocenters.